The van der Waals surface area contributed by atoms with Gasteiger partial charge in [-0.2, -0.15) is 0 Å². The van der Waals surface area contributed by atoms with E-state index in [0.717, 1.165) is 47.1 Å². The summed E-state index contributed by atoms with van der Waals surface area (Å²) in [5.41, 5.74) is 5.46. The van der Waals surface area contributed by atoms with E-state index in [4.69, 9.17) is 14.5 Å². The van der Waals surface area contributed by atoms with Crippen LogP contribution in [-0.2, 0) is 13.0 Å². The van der Waals surface area contributed by atoms with Gasteiger partial charge in [-0.3, -0.25) is 9.69 Å². The van der Waals surface area contributed by atoms with Gasteiger partial charge in [0, 0.05) is 48.4 Å². The second-order valence-corrected chi connectivity index (χ2v) is 10.7. The maximum atomic E-state index is 13.0. The number of hydrogen-bond donors (Lipinski definition) is 0. The third kappa shape index (κ3) is 5.56. The highest BCUT2D eigenvalue weighted by Gasteiger charge is 2.31. The van der Waals surface area contributed by atoms with Crippen molar-refractivity contribution in [1.29, 1.82) is 0 Å². The predicted molar refractivity (Wildman–Crippen MR) is 157 cm³/mol. The number of methoxy groups -OCH3 is 2. The molecule has 1 aliphatic rings. The van der Waals surface area contributed by atoms with Crippen LogP contribution in [0.5, 0.6) is 11.5 Å². The zero-order valence-corrected chi connectivity index (χ0v) is 23.8. The van der Waals surface area contributed by atoms with Gasteiger partial charge in [0.1, 0.15) is 5.01 Å². The van der Waals surface area contributed by atoms with Crippen LogP contribution in [-0.4, -0.2) is 54.5 Å². The topological polar surface area (TPSA) is 54.9 Å². The van der Waals surface area contributed by atoms with Crippen molar-refractivity contribution in [2.75, 3.05) is 33.9 Å². The first-order chi connectivity index (χ1) is 19.1. The molecule has 1 aromatic heterocycles. The summed E-state index contributed by atoms with van der Waals surface area (Å²) in [5.74, 6) is 1.54. The number of nitrogens with zero attached hydrogens (tertiary/aromatic N) is 3. The number of fused-ring (bicyclic) bond motifs is 1. The van der Waals surface area contributed by atoms with Crippen LogP contribution in [0.2, 0.25) is 0 Å². The fraction of sp³-hybridized carbons (Fsp3) is 0.312. The first-order valence-corrected chi connectivity index (χ1v) is 14.3. The number of carbonyl (C=O) groups excluding carboxylic acids is 1. The lowest BCUT2D eigenvalue weighted by Gasteiger charge is -2.38. The second kappa shape index (κ2) is 12.0. The van der Waals surface area contributed by atoms with Crippen LogP contribution in [0.1, 0.15) is 51.8 Å². The molecule has 202 valence electrons. The molecule has 39 heavy (non-hydrogen) atoms. The number of benzene rings is 3. The molecule has 1 aliphatic heterocycles. The van der Waals surface area contributed by atoms with Crippen molar-refractivity contribution < 1.29 is 14.3 Å². The Kier molecular flexibility index (Phi) is 8.29. The normalized spacial score (nSPS) is 15.0. The van der Waals surface area contributed by atoms with E-state index >= 15 is 0 Å². The van der Waals surface area contributed by atoms with Crippen molar-refractivity contribution in [3.8, 4) is 22.1 Å². The molecule has 0 saturated carbocycles. The first kappa shape index (κ1) is 26.9. The van der Waals surface area contributed by atoms with Crippen molar-refractivity contribution in [2.45, 2.75) is 32.9 Å². The van der Waals surface area contributed by atoms with Gasteiger partial charge in [-0.25, -0.2) is 4.98 Å². The van der Waals surface area contributed by atoms with Gasteiger partial charge in [-0.05, 0) is 61.2 Å². The van der Waals surface area contributed by atoms with Crippen LogP contribution in [0.3, 0.4) is 0 Å². The number of thiazole rings is 1. The fourth-order valence-corrected chi connectivity index (χ4v) is 6.30. The monoisotopic (exact) mass is 541 g/mol. The van der Waals surface area contributed by atoms with Crippen LogP contribution in [0.4, 0.5) is 0 Å². The molecule has 7 heteroatoms. The fourth-order valence-electron chi connectivity index (χ4n) is 5.35. The minimum absolute atomic E-state index is 0.00781. The summed E-state index contributed by atoms with van der Waals surface area (Å²) in [6.07, 6.45) is 2.91. The molecule has 2 heterocycles. The smallest absolute Gasteiger partial charge is 0.253 e. The van der Waals surface area contributed by atoms with E-state index in [2.05, 4.69) is 41.3 Å². The van der Waals surface area contributed by atoms with Gasteiger partial charge in [0.15, 0.2) is 11.5 Å². The lowest BCUT2D eigenvalue weighted by Crippen LogP contribution is -2.35. The molecule has 4 aromatic rings. The van der Waals surface area contributed by atoms with Crippen LogP contribution in [0.25, 0.3) is 10.6 Å². The van der Waals surface area contributed by atoms with E-state index < -0.39 is 0 Å². The Morgan fingerprint density at radius 2 is 1.69 bits per heavy atom. The van der Waals surface area contributed by atoms with Crippen LogP contribution < -0.4 is 9.47 Å². The summed E-state index contributed by atoms with van der Waals surface area (Å²) in [4.78, 5) is 23.2. The van der Waals surface area contributed by atoms with Crippen molar-refractivity contribution in [3.63, 3.8) is 0 Å². The first-order valence-electron chi connectivity index (χ1n) is 13.4. The Hall–Kier alpha value is -3.68. The van der Waals surface area contributed by atoms with Gasteiger partial charge in [0.2, 0.25) is 0 Å². The largest absolute Gasteiger partial charge is 0.493 e. The molecule has 5 rings (SSSR count). The van der Waals surface area contributed by atoms with E-state index in [0.29, 0.717) is 18.7 Å². The van der Waals surface area contributed by atoms with Gasteiger partial charge in [0.25, 0.3) is 5.91 Å². The Balaban J connectivity index is 1.51. The predicted octanol–water partition coefficient (Wildman–Crippen LogP) is 6.46. The van der Waals surface area contributed by atoms with Crippen molar-refractivity contribution in [3.05, 3.63) is 100 Å². The van der Waals surface area contributed by atoms with Crippen LogP contribution in [0, 0.1) is 0 Å². The summed E-state index contributed by atoms with van der Waals surface area (Å²) in [5, 5.41) is 1.03. The van der Waals surface area contributed by atoms with Gasteiger partial charge in [-0.1, -0.05) is 42.5 Å². The zero-order valence-electron chi connectivity index (χ0n) is 23.0. The number of amides is 1. The summed E-state index contributed by atoms with van der Waals surface area (Å²) in [6.45, 7) is 7.09. The summed E-state index contributed by atoms with van der Waals surface area (Å²) < 4.78 is 11.3. The number of ether oxygens (including phenoxy) is 2. The molecule has 3 aromatic carbocycles. The maximum absolute atomic E-state index is 13.0. The molecular weight excluding hydrogens is 506 g/mol. The lowest BCUT2D eigenvalue weighted by molar-refractivity contribution is 0.0773. The Labute approximate surface area is 234 Å². The zero-order chi connectivity index (χ0) is 27.4. The standard InChI is InChI=1S/C32H35N3O3S/c1-5-34(6-2)32(36)24-14-12-22(13-15-24)30-27-19-29(38-4)28(37-3)18-25(27)16-17-35(30)21-26-20-33-31(39-26)23-10-8-7-9-11-23/h7-15,18-20,30H,5-6,16-17,21H2,1-4H3. The quantitative estimate of drug-likeness (QED) is 0.244. The third-order valence-electron chi connectivity index (χ3n) is 7.43. The van der Waals surface area contributed by atoms with Gasteiger partial charge in [-0.15, -0.1) is 11.3 Å². The molecule has 0 bridgehead atoms. The lowest BCUT2D eigenvalue weighted by atomic mass is 9.87. The van der Waals surface area contributed by atoms with Crippen molar-refractivity contribution in [1.82, 2.24) is 14.8 Å². The van der Waals surface area contributed by atoms with Crippen LogP contribution >= 0.6 is 11.3 Å². The van der Waals surface area contributed by atoms with E-state index in [-0.39, 0.29) is 11.9 Å². The maximum Gasteiger partial charge on any atom is 0.253 e. The Bertz CT molecular complexity index is 1410. The molecule has 0 radical (unpaired) electrons. The van der Waals surface area contributed by atoms with E-state index in [1.54, 1.807) is 25.6 Å². The number of carbonyl (C=O) groups is 1. The molecule has 0 aliphatic carbocycles. The van der Waals surface area contributed by atoms with E-state index in [1.807, 2.05) is 55.3 Å². The van der Waals surface area contributed by atoms with E-state index in [1.165, 1.54) is 16.0 Å². The Morgan fingerprint density at radius 3 is 2.36 bits per heavy atom. The van der Waals surface area contributed by atoms with Crippen LogP contribution in [0.15, 0.2) is 72.9 Å². The number of rotatable bonds is 9. The van der Waals surface area contributed by atoms with Crippen molar-refractivity contribution >= 4 is 17.2 Å². The van der Waals surface area contributed by atoms with Crippen molar-refractivity contribution in [2.24, 2.45) is 0 Å². The number of hydrogen-bond acceptors (Lipinski definition) is 6. The molecule has 0 saturated heterocycles. The molecule has 1 amide bonds. The number of aromatic nitrogens is 1. The highest BCUT2D eigenvalue weighted by molar-refractivity contribution is 7.15. The second-order valence-electron chi connectivity index (χ2n) is 9.63. The molecular formula is C32H35N3O3S. The highest BCUT2D eigenvalue weighted by atomic mass is 32.1. The summed E-state index contributed by atoms with van der Waals surface area (Å²) >= 11 is 1.74. The molecule has 0 spiro atoms. The molecule has 0 fully saturated rings. The summed E-state index contributed by atoms with van der Waals surface area (Å²) in [7, 11) is 3.35. The van der Waals surface area contributed by atoms with Gasteiger partial charge in [0.05, 0.1) is 20.3 Å². The third-order valence-corrected chi connectivity index (χ3v) is 8.46. The van der Waals surface area contributed by atoms with Gasteiger partial charge < -0.3 is 14.4 Å². The average Bonchev–Trinajstić information content (AvgIpc) is 3.46. The average molecular weight is 542 g/mol. The molecule has 1 atom stereocenters. The van der Waals surface area contributed by atoms with E-state index in [9.17, 15) is 4.79 Å². The highest BCUT2D eigenvalue weighted by Crippen LogP contribution is 2.42. The molecule has 6 nitrogen and oxygen atoms in total. The minimum atomic E-state index is 0.00781. The minimum Gasteiger partial charge on any atom is -0.493 e. The summed E-state index contributed by atoms with van der Waals surface area (Å²) in [6, 6.07) is 22.7. The SMILES string of the molecule is CCN(CC)C(=O)c1ccc(C2c3cc(OC)c(OC)cc3CCN2Cc2cnc(-c3ccccc3)s2)cc1. The Morgan fingerprint density at radius 1 is 1.00 bits per heavy atom. The molecule has 0 N–H and O–H groups in total. The van der Waals surface area contributed by atoms with Gasteiger partial charge >= 0.3 is 0 Å². The molecule has 1 unspecified atom stereocenters.